The van der Waals surface area contributed by atoms with E-state index in [1.807, 2.05) is 0 Å². The zero-order valence-electron chi connectivity index (χ0n) is 9.48. The minimum absolute atomic E-state index is 0.0270. The van der Waals surface area contributed by atoms with E-state index in [4.69, 9.17) is 5.73 Å². The normalized spacial score (nSPS) is 11.3. The second-order valence-electron chi connectivity index (χ2n) is 3.72. The quantitative estimate of drug-likeness (QED) is 0.849. The summed E-state index contributed by atoms with van der Waals surface area (Å²) in [5.41, 5.74) is 5.39. The molecule has 2 aromatic rings. The van der Waals surface area contributed by atoms with Gasteiger partial charge in [-0.15, -0.1) is 0 Å². The van der Waals surface area contributed by atoms with Crippen LogP contribution in [0.25, 0.3) is 11.4 Å². The lowest BCUT2D eigenvalue weighted by molar-refractivity contribution is -0.137. The molecule has 0 atom stereocenters. The Kier molecular flexibility index (Phi) is 3.20. The maximum Gasteiger partial charge on any atom is 0.417 e. The Bertz CT molecular complexity index is 609. The molecule has 2 N–H and O–H groups in total. The fourth-order valence-electron chi connectivity index (χ4n) is 1.44. The minimum atomic E-state index is -4.44. The number of aldehydes is 1. The molecule has 0 aliphatic heterocycles. The van der Waals surface area contributed by atoms with Gasteiger partial charge >= 0.3 is 6.18 Å². The Morgan fingerprint density at radius 2 is 1.79 bits per heavy atom. The van der Waals surface area contributed by atoms with Crippen LogP contribution >= 0.6 is 0 Å². The zero-order valence-corrected chi connectivity index (χ0v) is 9.48. The number of nitrogen functional groups attached to an aromatic ring is 1. The molecule has 0 aromatic carbocycles. The van der Waals surface area contributed by atoms with E-state index in [2.05, 4.69) is 9.97 Å². The van der Waals surface area contributed by atoms with Gasteiger partial charge in [-0.05, 0) is 24.3 Å². The molecular weight excluding hydrogens is 259 g/mol. The van der Waals surface area contributed by atoms with Gasteiger partial charge in [0.1, 0.15) is 5.69 Å². The van der Waals surface area contributed by atoms with Crippen molar-refractivity contribution in [2.45, 2.75) is 6.18 Å². The number of carbonyl (C=O) groups excluding carboxylic acids is 1. The molecule has 0 unspecified atom stereocenters. The van der Waals surface area contributed by atoms with Crippen LogP contribution in [0.1, 0.15) is 16.1 Å². The maximum atomic E-state index is 12.4. The molecule has 19 heavy (non-hydrogen) atoms. The molecule has 0 bridgehead atoms. The lowest BCUT2D eigenvalue weighted by atomic mass is 10.2. The van der Waals surface area contributed by atoms with Crippen LogP contribution < -0.4 is 5.73 Å². The van der Waals surface area contributed by atoms with Crippen LogP contribution in [-0.2, 0) is 6.18 Å². The molecule has 2 aromatic heterocycles. The summed E-state index contributed by atoms with van der Waals surface area (Å²) < 4.78 is 37.1. The van der Waals surface area contributed by atoms with Gasteiger partial charge in [-0.3, -0.25) is 9.78 Å². The van der Waals surface area contributed by atoms with Crippen LogP contribution in [-0.4, -0.2) is 16.3 Å². The van der Waals surface area contributed by atoms with Gasteiger partial charge in [-0.1, -0.05) is 0 Å². The average molecular weight is 267 g/mol. The summed E-state index contributed by atoms with van der Waals surface area (Å²) >= 11 is 0. The van der Waals surface area contributed by atoms with Gasteiger partial charge < -0.3 is 5.73 Å². The number of halogens is 3. The molecular formula is C12H8F3N3O. The highest BCUT2D eigenvalue weighted by molar-refractivity contribution is 5.81. The molecule has 0 fully saturated rings. The largest absolute Gasteiger partial charge is 0.417 e. The van der Waals surface area contributed by atoms with Crippen LogP contribution in [0.15, 0.2) is 30.5 Å². The highest BCUT2D eigenvalue weighted by Crippen LogP contribution is 2.29. The Hall–Kier alpha value is -2.44. The highest BCUT2D eigenvalue weighted by atomic mass is 19.4. The molecule has 0 aliphatic rings. The summed E-state index contributed by atoms with van der Waals surface area (Å²) in [5.74, 6) is 0. The third-order valence-corrected chi connectivity index (χ3v) is 2.42. The third kappa shape index (κ3) is 2.70. The van der Waals surface area contributed by atoms with E-state index in [-0.39, 0.29) is 22.8 Å². The molecule has 0 amide bonds. The van der Waals surface area contributed by atoms with E-state index < -0.39 is 11.7 Å². The monoisotopic (exact) mass is 267 g/mol. The highest BCUT2D eigenvalue weighted by Gasteiger charge is 2.30. The van der Waals surface area contributed by atoms with Crippen molar-refractivity contribution in [1.82, 2.24) is 9.97 Å². The summed E-state index contributed by atoms with van der Waals surface area (Å²) in [6, 6.07) is 5.03. The second kappa shape index (κ2) is 4.68. The van der Waals surface area contributed by atoms with Gasteiger partial charge in [0.15, 0.2) is 6.29 Å². The molecule has 0 spiro atoms. The summed E-state index contributed by atoms with van der Waals surface area (Å²) in [7, 11) is 0. The van der Waals surface area contributed by atoms with Crippen molar-refractivity contribution in [3.63, 3.8) is 0 Å². The summed E-state index contributed by atoms with van der Waals surface area (Å²) in [5, 5.41) is 0. The molecule has 2 rings (SSSR count). The van der Waals surface area contributed by atoms with Crippen molar-refractivity contribution in [3.05, 3.63) is 41.7 Å². The van der Waals surface area contributed by atoms with E-state index in [1.54, 1.807) is 0 Å². The topological polar surface area (TPSA) is 68.9 Å². The number of nitrogens with two attached hydrogens (primary N) is 1. The number of aromatic nitrogens is 2. The van der Waals surface area contributed by atoms with Gasteiger partial charge in [0.25, 0.3) is 0 Å². The minimum Gasteiger partial charge on any atom is -0.397 e. The van der Waals surface area contributed by atoms with Crippen molar-refractivity contribution in [2.75, 3.05) is 5.73 Å². The van der Waals surface area contributed by atoms with Crippen molar-refractivity contribution < 1.29 is 18.0 Å². The zero-order chi connectivity index (χ0) is 14.0. The molecule has 0 saturated carbocycles. The van der Waals surface area contributed by atoms with Gasteiger partial charge in [0, 0.05) is 6.20 Å². The van der Waals surface area contributed by atoms with Crippen LogP contribution in [0.4, 0.5) is 18.9 Å². The SMILES string of the molecule is Nc1ccc(-c2ccc(C(F)(F)F)cn2)nc1C=O. The molecule has 0 saturated heterocycles. The Morgan fingerprint density at radius 1 is 1.11 bits per heavy atom. The van der Waals surface area contributed by atoms with Crippen LogP contribution in [0.5, 0.6) is 0 Å². The molecule has 7 heteroatoms. The number of pyridine rings is 2. The van der Waals surface area contributed by atoms with Gasteiger partial charge in [-0.25, -0.2) is 4.98 Å². The van der Waals surface area contributed by atoms with Crippen LogP contribution in [0, 0.1) is 0 Å². The maximum absolute atomic E-state index is 12.4. The van der Waals surface area contributed by atoms with E-state index in [9.17, 15) is 18.0 Å². The van der Waals surface area contributed by atoms with Crippen molar-refractivity contribution in [3.8, 4) is 11.4 Å². The molecule has 0 aliphatic carbocycles. The lowest BCUT2D eigenvalue weighted by Gasteiger charge is -2.07. The predicted octanol–water partition coefficient (Wildman–Crippen LogP) is 2.56. The second-order valence-corrected chi connectivity index (χ2v) is 3.72. The number of anilines is 1. The number of alkyl halides is 3. The van der Waals surface area contributed by atoms with Crippen molar-refractivity contribution in [2.24, 2.45) is 0 Å². The first-order chi connectivity index (χ1) is 8.91. The van der Waals surface area contributed by atoms with E-state index in [1.165, 1.54) is 18.2 Å². The number of rotatable bonds is 2. The fourth-order valence-corrected chi connectivity index (χ4v) is 1.44. The van der Waals surface area contributed by atoms with Gasteiger partial charge in [0.05, 0.1) is 22.6 Å². The Morgan fingerprint density at radius 3 is 2.32 bits per heavy atom. The predicted molar refractivity (Wildman–Crippen MR) is 62.3 cm³/mol. The van der Waals surface area contributed by atoms with Crippen LogP contribution in [0.3, 0.4) is 0 Å². The lowest BCUT2D eigenvalue weighted by Crippen LogP contribution is -2.05. The molecule has 2 heterocycles. The summed E-state index contributed by atoms with van der Waals surface area (Å²) in [6.07, 6.45) is -3.25. The fraction of sp³-hybridized carbons (Fsp3) is 0.0833. The summed E-state index contributed by atoms with van der Waals surface area (Å²) in [6.45, 7) is 0. The third-order valence-electron chi connectivity index (χ3n) is 2.42. The molecule has 0 radical (unpaired) electrons. The van der Waals surface area contributed by atoms with E-state index in [0.29, 0.717) is 12.5 Å². The van der Waals surface area contributed by atoms with Crippen molar-refractivity contribution >= 4 is 12.0 Å². The van der Waals surface area contributed by atoms with Gasteiger partial charge in [0.2, 0.25) is 0 Å². The standard InChI is InChI=1S/C12H8F3N3O/c13-12(14,15)7-1-3-9(17-5-7)10-4-2-8(16)11(6-19)18-10/h1-6H,16H2. The first-order valence-electron chi connectivity index (χ1n) is 5.17. The van der Waals surface area contributed by atoms with Crippen molar-refractivity contribution in [1.29, 1.82) is 0 Å². The number of nitrogens with zero attached hydrogens (tertiary/aromatic N) is 2. The Balaban J connectivity index is 2.40. The first-order valence-corrected chi connectivity index (χ1v) is 5.17. The number of hydrogen-bond donors (Lipinski definition) is 1. The van der Waals surface area contributed by atoms with Gasteiger partial charge in [-0.2, -0.15) is 13.2 Å². The number of carbonyl (C=O) groups is 1. The molecule has 4 nitrogen and oxygen atoms in total. The summed E-state index contributed by atoms with van der Waals surface area (Å²) in [4.78, 5) is 18.3. The smallest absolute Gasteiger partial charge is 0.397 e. The number of hydrogen-bond acceptors (Lipinski definition) is 4. The van der Waals surface area contributed by atoms with Crippen LogP contribution in [0.2, 0.25) is 0 Å². The Labute approximate surface area is 106 Å². The molecule has 98 valence electrons. The van der Waals surface area contributed by atoms with E-state index in [0.717, 1.165) is 6.07 Å². The average Bonchev–Trinajstić information content (AvgIpc) is 2.38. The van der Waals surface area contributed by atoms with E-state index >= 15 is 0 Å². The first kappa shape index (κ1) is 13.0.